The summed E-state index contributed by atoms with van der Waals surface area (Å²) in [5.74, 6) is -0.589. The molecule has 0 aliphatic heterocycles. The lowest BCUT2D eigenvalue weighted by Gasteiger charge is -2.09. The Bertz CT molecular complexity index is 447. The highest BCUT2D eigenvalue weighted by Crippen LogP contribution is 2.20. The first-order valence-corrected chi connectivity index (χ1v) is 7.73. The molecular weight excluding hydrogens is 481 g/mol. The van der Waals surface area contributed by atoms with E-state index in [2.05, 4.69) is 41.9 Å². The van der Waals surface area contributed by atoms with Gasteiger partial charge in [-0.05, 0) is 18.2 Å². The number of halogens is 3. The number of ether oxygens (including phenoxy) is 1. The van der Waals surface area contributed by atoms with Crippen molar-refractivity contribution in [3.05, 3.63) is 32.7 Å². The average Bonchev–Trinajstić information content (AvgIpc) is 2.33. The van der Waals surface area contributed by atoms with Gasteiger partial charge >= 0.3 is 5.97 Å². The van der Waals surface area contributed by atoms with Gasteiger partial charge in [-0.15, -0.1) is 0 Å². The van der Waals surface area contributed by atoms with E-state index in [1.807, 2.05) is 28.7 Å². The van der Waals surface area contributed by atoms with Gasteiger partial charge in [-0.1, -0.05) is 54.5 Å². The summed E-state index contributed by atoms with van der Waals surface area (Å²) in [6.07, 6.45) is 0. The maximum Gasteiger partial charge on any atom is 0.320 e. The molecule has 0 spiro atoms. The van der Waals surface area contributed by atoms with Gasteiger partial charge in [0.05, 0.1) is 7.11 Å². The smallest absolute Gasteiger partial charge is 0.320 e. The monoisotopic (exact) mass is 489 g/mol. The average molecular weight is 491 g/mol. The van der Waals surface area contributed by atoms with Gasteiger partial charge in [0.25, 0.3) is 5.91 Å². The van der Waals surface area contributed by atoms with Crippen LogP contribution in [0, 0.1) is 0 Å². The number of hydrogen-bond donors (Lipinski definition) is 1. The van der Waals surface area contributed by atoms with Crippen molar-refractivity contribution in [3.63, 3.8) is 0 Å². The van der Waals surface area contributed by atoms with Crippen LogP contribution in [0.15, 0.2) is 27.1 Å². The van der Waals surface area contributed by atoms with Crippen LogP contribution in [-0.4, -0.2) is 29.5 Å². The summed E-state index contributed by atoms with van der Waals surface area (Å²) in [6.45, 7) is 0.232. The van der Waals surface area contributed by atoms with E-state index >= 15 is 0 Å². The normalized spacial score (nSPS) is 11.8. The molecule has 1 unspecified atom stereocenters. The Labute approximate surface area is 135 Å². The van der Waals surface area contributed by atoms with Crippen molar-refractivity contribution in [2.45, 2.75) is 3.92 Å². The van der Waals surface area contributed by atoms with E-state index < -0.39 is 3.92 Å². The molecule has 0 heterocycles. The molecule has 0 saturated carbocycles. The van der Waals surface area contributed by atoms with Crippen LogP contribution in [0.4, 0.5) is 0 Å². The summed E-state index contributed by atoms with van der Waals surface area (Å²) < 4.78 is 5.79. The summed E-state index contributed by atoms with van der Waals surface area (Å²) in [5, 5.41) is 2.68. The Morgan fingerprint density at radius 1 is 1.33 bits per heavy atom. The SMILES string of the molecule is COC(=O)C(I)CNC(=O)c1cc(Br)cc(Br)c1. The first-order valence-electron chi connectivity index (χ1n) is 4.90. The quantitative estimate of drug-likeness (QED) is 0.401. The Balaban J connectivity index is 2.63. The van der Waals surface area contributed by atoms with E-state index in [1.165, 1.54) is 7.11 Å². The van der Waals surface area contributed by atoms with Gasteiger partial charge in [0, 0.05) is 21.1 Å². The van der Waals surface area contributed by atoms with E-state index in [4.69, 9.17) is 0 Å². The number of methoxy groups -OCH3 is 1. The second-order valence-electron chi connectivity index (χ2n) is 3.36. The highest BCUT2D eigenvalue weighted by atomic mass is 127. The zero-order chi connectivity index (χ0) is 13.7. The maximum atomic E-state index is 11.9. The van der Waals surface area contributed by atoms with E-state index in [9.17, 15) is 9.59 Å². The van der Waals surface area contributed by atoms with Crippen molar-refractivity contribution in [1.29, 1.82) is 0 Å². The van der Waals surface area contributed by atoms with Crippen molar-refractivity contribution in [3.8, 4) is 0 Å². The number of carbonyl (C=O) groups excluding carboxylic acids is 2. The number of carbonyl (C=O) groups is 2. The highest BCUT2D eigenvalue weighted by molar-refractivity contribution is 14.1. The van der Waals surface area contributed by atoms with E-state index in [-0.39, 0.29) is 18.4 Å². The van der Waals surface area contributed by atoms with E-state index in [0.29, 0.717) is 5.56 Å². The molecule has 98 valence electrons. The minimum atomic E-state index is -0.396. The summed E-state index contributed by atoms with van der Waals surface area (Å²) in [6, 6.07) is 5.26. The Kier molecular flexibility index (Phi) is 6.58. The number of esters is 1. The van der Waals surface area contributed by atoms with Gasteiger partial charge in [0.2, 0.25) is 0 Å². The lowest BCUT2D eigenvalue weighted by Crippen LogP contribution is -2.33. The van der Waals surface area contributed by atoms with Gasteiger partial charge in [-0.25, -0.2) is 0 Å². The summed E-state index contributed by atoms with van der Waals surface area (Å²) >= 11 is 8.55. The van der Waals surface area contributed by atoms with Crippen molar-refractivity contribution in [2.75, 3.05) is 13.7 Å². The second-order valence-corrected chi connectivity index (χ2v) is 6.69. The van der Waals surface area contributed by atoms with E-state index in [0.717, 1.165) is 8.95 Å². The first kappa shape index (κ1) is 15.9. The van der Waals surface area contributed by atoms with Crippen LogP contribution < -0.4 is 5.32 Å². The molecule has 0 aliphatic carbocycles. The summed E-state index contributed by atoms with van der Waals surface area (Å²) in [4.78, 5) is 23.0. The number of rotatable bonds is 4. The lowest BCUT2D eigenvalue weighted by atomic mass is 10.2. The Morgan fingerprint density at radius 3 is 2.39 bits per heavy atom. The fraction of sp³-hybridized carbons (Fsp3) is 0.273. The summed E-state index contributed by atoms with van der Waals surface area (Å²) in [7, 11) is 1.32. The molecule has 7 heteroatoms. The van der Waals surface area contributed by atoms with Crippen LogP contribution in [0.2, 0.25) is 0 Å². The van der Waals surface area contributed by atoms with Crippen LogP contribution in [0.25, 0.3) is 0 Å². The Hall–Kier alpha value is -0.150. The molecule has 0 bridgehead atoms. The molecule has 1 aromatic carbocycles. The molecule has 1 N–H and O–H groups in total. The molecule has 0 radical (unpaired) electrons. The summed E-state index contributed by atoms with van der Waals surface area (Å²) in [5.41, 5.74) is 0.518. The molecule has 0 aliphatic rings. The molecule has 1 aromatic rings. The molecule has 18 heavy (non-hydrogen) atoms. The first-order chi connectivity index (χ1) is 8.43. The van der Waals surface area contributed by atoms with Crippen LogP contribution in [0.3, 0.4) is 0 Å². The number of nitrogens with one attached hydrogen (secondary N) is 1. The fourth-order valence-electron chi connectivity index (χ4n) is 1.18. The van der Waals surface area contributed by atoms with Gasteiger partial charge in [-0.2, -0.15) is 0 Å². The maximum absolute atomic E-state index is 11.9. The molecule has 1 atom stereocenters. The van der Waals surface area contributed by atoms with Crippen molar-refractivity contribution >= 4 is 66.3 Å². The zero-order valence-corrected chi connectivity index (χ0v) is 14.7. The molecule has 0 saturated heterocycles. The van der Waals surface area contributed by atoms with Crippen LogP contribution >= 0.6 is 54.5 Å². The largest absolute Gasteiger partial charge is 0.468 e. The van der Waals surface area contributed by atoms with Gasteiger partial charge in [0.1, 0.15) is 3.92 Å². The van der Waals surface area contributed by atoms with Crippen molar-refractivity contribution in [2.24, 2.45) is 0 Å². The third-order valence-electron chi connectivity index (χ3n) is 2.02. The van der Waals surface area contributed by atoms with E-state index in [1.54, 1.807) is 12.1 Å². The molecule has 1 rings (SSSR count). The highest BCUT2D eigenvalue weighted by Gasteiger charge is 2.16. The van der Waals surface area contributed by atoms with Crippen molar-refractivity contribution in [1.82, 2.24) is 5.32 Å². The zero-order valence-electron chi connectivity index (χ0n) is 9.38. The Morgan fingerprint density at radius 2 is 1.89 bits per heavy atom. The standard InChI is InChI=1S/C11H10Br2INO3/c1-18-11(17)9(14)5-15-10(16)6-2-7(12)4-8(13)3-6/h2-4,9H,5H2,1H3,(H,15,16). The van der Waals surface area contributed by atoms with Crippen molar-refractivity contribution < 1.29 is 14.3 Å². The van der Waals surface area contributed by atoms with Crippen LogP contribution in [0.1, 0.15) is 10.4 Å². The van der Waals surface area contributed by atoms with Gasteiger partial charge in [-0.3, -0.25) is 9.59 Å². The number of alkyl halides is 1. The number of hydrogen-bond acceptors (Lipinski definition) is 3. The molecule has 1 amide bonds. The molecular formula is C11H10Br2INO3. The molecule has 4 nitrogen and oxygen atoms in total. The molecule has 0 aromatic heterocycles. The van der Waals surface area contributed by atoms with Gasteiger partial charge in [0.15, 0.2) is 0 Å². The van der Waals surface area contributed by atoms with Crippen LogP contribution in [-0.2, 0) is 9.53 Å². The van der Waals surface area contributed by atoms with Crippen LogP contribution in [0.5, 0.6) is 0 Å². The third-order valence-corrected chi connectivity index (χ3v) is 3.89. The third kappa shape index (κ3) is 4.85. The van der Waals surface area contributed by atoms with Gasteiger partial charge < -0.3 is 10.1 Å². The fourth-order valence-corrected chi connectivity index (χ4v) is 2.95. The second kappa shape index (κ2) is 7.44. The minimum Gasteiger partial charge on any atom is -0.468 e. The topological polar surface area (TPSA) is 55.4 Å². The molecule has 0 fully saturated rings. The lowest BCUT2D eigenvalue weighted by molar-refractivity contribution is -0.139. The minimum absolute atomic E-state index is 0.232. The number of benzene rings is 1. The predicted octanol–water partition coefficient (Wildman–Crippen LogP) is 2.92. The number of amides is 1. The predicted molar refractivity (Wildman–Crippen MR) is 84.0 cm³/mol.